The van der Waals surface area contributed by atoms with E-state index in [-0.39, 0.29) is 0 Å². The topological polar surface area (TPSA) is 9.23 Å². The van der Waals surface area contributed by atoms with E-state index in [1.54, 1.807) is 0 Å². The molecule has 0 saturated carbocycles. The highest BCUT2D eigenvalue weighted by atomic mass is 16.5. The van der Waals surface area contributed by atoms with Gasteiger partial charge in [0.05, 0.1) is 12.2 Å². The minimum atomic E-state index is 0.511. The molecule has 0 aliphatic carbocycles. The van der Waals surface area contributed by atoms with Gasteiger partial charge < -0.3 is 4.74 Å². The van der Waals surface area contributed by atoms with Crippen molar-refractivity contribution < 1.29 is 4.74 Å². The smallest absolute Gasteiger partial charge is 0.0578 e. The molecule has 0 spiro atoms. The average molecular weight is 972 g/mol. The normalized spacial score (nSPS) is 12.7. The first kappa shape index (κ1) is 69.0. The van der Waals surface area contributed by atoms with Crippen LogP contribution in [0, 0.1) is 0 Å². The third-order valence-electron chi connectivity index (χ3n) is 16.4. The van der Waals surface area contributed by atoms with Crippen LogP contribution >= 0.6 is 0 Å². The lowest BCUT2D eigenvalue weighted by Gasteiger charge is -2.26. The molecular weight excluding hydrogens is 833 g/mol. The lowest BCUT2D eigenvalue weighted by atomic mass is 9.99. The molecule has 0 aliphatic rings. The molecule has 416 valence electrons. The number of ether oxygens (including phenoxy) is 1. The Hall–Kier alpha value is -0.0400. The van der Waals surface area contributed by atoms with Crippen LogP contribution in [0.3, 0.4) is 0 Å². The van der Waals surface area contributed by atoms with Crippen LogP contribution in [-0.4, -0.2) is 12.2 Å². The third kappa shape index (κ3) is 60.4. The quantitative estimate of drug-likeness (QED) is 0.0552. The van der Waals surface area contributed by atoms with Crippen LogP contribution in [-0.2, 0) is 4.74 Å². The molecule has 2 atom stereocenters. The molecule has 1 nitrogen and oxygen atoms in total. The summed E-state index contributed by atoms with van der Waals surface area (Å²) in [6.07, 6.45) is 90.5. The zero-order valence-electron chi connectivity index (χ0n) is 49.4. The molecule has 1 heteroatoms. The van der Waals surface area contributed by atoms with Crippen LogP contribution in [0.15, 0.2) is 0 Å². The van der Waals surface area contributed by atoms with Gasteiger partial charge in [-0.15, -0.1) is 0 Å². The van der Waals surface area contributed by atoms with E-state index in [1.807, 2.05) is 0 Å². The zero-order valence-corrected chi connectivity index (χ0v) is 49.4. The van der Waals surface area contributed by atoms with Crippen LogP contribution in [0.1, 0.15) is 426 Å². The molecule has 2 unspecified atom stereocenters. The van der Waals surface area contributed by atoms with E-state index in [1.165, 1.54) is 398 Å². The summed E-state index contributed by atoms with van der Waals surface area (Å²) in [5.74, 6) is 0. The van der Waals surface area contributed by atoms with Gasteiger partial charge in [-0.1, -0.05) is 400 Å². The van der Waals surface area contributed by atoms with E-state index in [0.29, 0.717) is 12.2 Å². The summed E-state index contributed by atoms with van der Waals surface area (Å²) in [5.41, 5.74) is 0. The predicted octanol–water partition coefficient (Wildman–Crippen LogP) is 26.0. The van der Waals surface area contributed by atoms with Crippen LogP contribution in [0.4, 0.5) is 0 Å². The first-order chi connectivity index (χ1) is 34.3. The van der Waals surface area contributed by atoms with Crippen LogP contribution < -0.4 is 0 Å². The number of hydrogen-bond donors (Lipinski definition) is 0. The molecule has 0 aromatic rings. The summed E-state index contributed by atoms with van der Waals surface area (Å²) in [6, 6.07) is 0. The van der Waals surface area contributed by atoms with Crippen LogP contribution in [0.5, 0.6) is 0 Å². The van der Waals surface area contributed by atoms with Crippen molar-refractivity contribution in [3.63, 3.8) is 0 Å². The fourth-order valence-corrected chi connectivity index (χ4v) is 11.5. The van der Waals surface area contributed by atoms with Gasteiger partial charge in [-0.05, 0) is 25.7 Å². The monoisotopic (exact) mass is 971 g/mol. The van der Waals surface area contributed by atoms with Crippen molar-refractivity contribution >= 4 is 0 Å². The molecule has 0 amide bonds. The molecule has 0 aromatic heterocycles. The second kappa shape index (κ2) is 64.1. The fraction of sp³-hybridized carbons (Fsp3) is 1.00. The summed E-state index contributed by atoms with van der Waals surface area (Å²) in [6.45, 7) is 9.31. The van der Waals surface area contributed by atoms with Gasteiger partial charge in [0.2, 0.25) is 0 Å². The van der Waals surface area contributed by atoms with Gasteiger partial charge in [-0.2, -0.15) is 0 Å². The Morgan fingerprint density at radius 1 is 0.145 bits per heavy atom. The van der Waals surface area contributed by atoms with Gasteiger partial charge in [0, 0.05) is 0 Å². The molecule has 0 radical (unpaired) electrons. The van der Waals surface area contributed by atoms with Crippen molar-refractivity contribution in [2.45, 2.75) is 438 Å². The second-order valence-electron chi connectivity index (χ2n) is 23.6. The summed E-state index contributed by atoms with van der Waals surface area (Å²) in [5, 5.41) is 0. The SMILES string of the molecule is CCCCCCCCCCCCCCCCCCC(CCCCCCCCCCCCCCC)OC(CCCCCCCCCCCCCCC)CCCCCCCCCCCCCCCCCC. The van der Waals surface area contributed by atoms with Gasteiger partial charge in [-0.3, -0.25) is 0 Å². The molecule has 0 saturated heterocycles. The Balaban J connectivity index is 4.83. The Morgan fingerprint density at radius 2 is 0.246 bits per heavy atom. The Labute approximate surface area is 440 Å². The average Bonchev–Trinajstić information content (AvgIpc) is 3.36. The largest absolute Gasteiger partial charge is 0.375 e. The number of hydrogen-bond acceptors (Lipinski definition) is 1. The maximum Gasteiger partial charge on any atom is 0.0578 e. The Kier molecular flexibility index (Phi) is 64.0. The van der Waals surface area contributed by atoms with Crippen LogP contribution in [0.2, 0.25) is 0 Å². The van der Waals surface area contributed by atoms with E-state index in [0.717, 1.165) is 0 Å². The lowest BCUT2D eigenvalue weighted by molar-refractivity contribution is -0.0324. The third-order valence-corrected chi connectivity index (χ3v) is 16.4. The predicted molar refractivity (Wildman–Crippen MR) is 318 cm³/mol. The molecule has 0 aliphatic heterocycles. The highest BCUT2D eigenvalue weighted by Gasteiger charge is 2.17. The van der Waals surface area contributed by atoms with E-state index in [9.17, 15) is 0 Å². The van der Waals surface area contributed by atoms with Crippen LogP contribution in [0.25, 0.3) is 0 Å². The van der Waals surface area contributed by atoms with E-state index >= 15 is 0 Å². The maximum atomic E-state index is 7.31. The van der Waals surface area contributed by atoms with E-state index in [4.69, 9.17) is 4.74 Å². The first-order valence-corrected chi connectivity index (χ1v) is 33.9. The first-order valence-electron chi connectivity index (χ1n) is 33.9. The van der Waals surface area contributed by atoms with Gasteiger partial charge >= 0.3 is 0 Å². The van der Waals surface area contributed by atoms with Gasteiger partial charge in [-0.25, -0.2) is 0 Å². The maximum absolute atomic E-state index is 7.31. The number of rotatable bonds is 64. The van der Waals surface area contributed by atoms with Crippen molar-refractivity contribution in [3.8, 4) is 0 Å². The van der Waals surface area contributed by atoms with Crippen molar-refractivity contribution in [1.29, 1.82) is 0 Å². The van der Waals surface area contributed by atoms with Gasteiger partial charge in [0.25, 0.3) is 0 Å². The summed E-state index contributed by atoms with van der Waals surface area (Å²) in [4.78, 5) is 0. The number of unbranched alkanes of at least 4 members (excludes halogenated alkanes) is 54. The van der Waals surface area contributed by atoms with Gasteiger partial charge in [0.15, 0.2) is 0 Å². The Morgan fingerprint density at radius 3 is 0.362 bits per heavy atom. The Bertz CT molecular complexity index is 783. The summed E-state index contributed by atoms with van der Waals surface area (Å²) < 4.78 is 7.31. The molecule has 0 N–H and O–H groups in total. The van der Waals surface area contributed by atoms with Gasteiger partial charge in [0.1, 0.15) is 0 Å². The lowest BCUT2D eigenvalue weighted by Crippen LogP contribution is -2.23. The molecule has 0 fully saturated rings. The minimum Gasteiger partial charge on any atom is -0.375 e. The van der Waals surface area contributed by atoms with Crippen molar-refractivity contribution in [1.82, 2.24) is 0 Å². The molecule has 0 heterocycles. The molecule has 0 bridgehead atoms. The molecule has 0 aromatic carbocycles. The van der Waals surface area contributed by atoms with Crippen molar-refractivity contribution in [2.75, 3.05) is 0 Å². The highest BCUT2D eigenvalue weighted by molar-refractivity contribution is 4.68. The molecule has 0 rings (SSSR count). The van der Waals surface area contributed by atoms with Crippen molar-refractivity contribution in [3.05, 3.63) is 0 Å². The summed E-state index contributed by atoms with van der Waals surface area (Å²) >= 11 is 0. The minimum absolute atomic E-state index is 0.511. The zero-order chi connectivity index (χ0) is 49.7. The highest BCUT2D eigenvalue weighted by Crippen LogP contribution is 2.25. The summed E-state index contributed by atoms with van der Waals surface area (Å²) in [7, 11) is 0. The second-order valence-corrected chi connectivity index (χ2v) is 23.6. The van der Waals surface area contributed by atoms with E-state index < -0.39 is 0 Å². The molecular formula is C68H138O. The van der Waals surface area contributed by atoms with E-state index in [2.05, 4.69) is 27.7 Å². The molecule has 69 heavy (non-hydrogen) atoms. The van der Waals surface area contributed by atoms with Crippen molar-refractivity contribution in [2.24, 2.45) is 0 Å². The fourth-order valence-electron chi connectivity index (χ4n) is 11.5. The standard InChI is InChI=1S/C68H138O/c1-5-9-13-17-21-25-29-33-35-37-41-45-49-53-57-61-65-67(63-59-55-51-47-43-39-31-27-23-19-15-11-7-3)69-68(64-60-56-52-48-44-40-32-28-24-20-16-12-8-4)66-62-58-54-50-46-42-38-36-34-30-26-22-18-14-10-6-2/h67-68H,5-66H2,1-4H3.